The highest BCUT2D eigenvalue weighted by atomic mass is 28.4. The van der Waals surface area contributed by atoms with Crippen molar-refractivity contribution in [1.29, 1.82) is 0 Å². The molecule has 0 rings (SSSR count). The van der Waals surface area contributed by atoms with Gasteiger partial charge in [0.2, 0.25) is 0 Å². The Morgan fingerprint density at radius 3 is 1.40 bits per heavy atom. The number of rotatable bonds is 14. The maximum atomic E-state index is 5.63. The molecule has 0 aliphatic carbocycles. The van der Waals surface area contributed by atoms with Gasteiger partial charge >= 0.3 is 17.6 Å². The third-order valence-corrected chi connectivity index (χ3v) is 9.78. The highest BCUT2D eigenvalue weighted by Gasteiger charge is 2.39. The summed E-state index contributed by atoms with van der Waals surface area (Å²) in [6, 6.07) is 1.51. The molecule has 0 aromatic rings. The van der Waals surface area contributed by atoms with Crippen LogP contribution < -0.4 is 17.2 Å². The van der Waals surface area contributed by atoms with Crippen molar-refractivity contribution in [2.75, 3.05) is 62.3 Å². The van der Waals surface area contributed by atoms with Crippen LogP contribution in [0.3, 0.4) is 0 Å². The fourth-order valence-electron chi connectivity index (χ4n) is 2.27. The Labute approximate surface area is 155 Å². The van der Waals surface area contributed by atoms with Crippen molar-refractivity contribution in [3.8, 4) is 0 Å². The van der Waals surface area contributed by atoms with E-state index in [2.05, 4.69) is 0 Å². The minimum Gasteiger partial charge on any atom is -0.377 e. The molecule has 1 unspecified atom stereocenters. The summed E-state index contributed by atoms with van der Waals surface area (Å²) in [6.45, 7) is 1.86. The summed E-state index contributed by atoms with van der Waals surface area (Å²) in [7, 11) is 4.85. The molecule has 0 spiro atoms. The molecule has 0 saturated carbocycles. The number of hydrogen-bond donors (Lipinski definition) is 3. The normalized spacial score (nSPS) is 13.3. The molecule has 0 amide bonds. The second-order valence-corrected chi connectivity index (χ2v) is 11.5. The second-order valence-electron chi connectivity index (χ2n) is 5.37. The van der Waals surface area contributed by atoms with E-state index in [-0.39, 0.29) is 0 Å². The van der Waals surface area contributed by atoms with E-state index in [1.807, 2.05) is 0 Å². The first-order valence-corrected chi connectivity index (χ1v) is 12.2. The smallest absolute Gasteiger partial charge is 0.377 e. The minimum absolute atomic E-state index is 0.312. The lowest BCUT2D eigenvalue weighted by molar-refractivity contribution is 0.118. The standard InChI is InChI=1S/C8H22N2O3Si.C6H17NO3Si/c1-11-14(12-2,13-3)7-8(6-10)4-5-9;1-8-11(9-2,10-3)6-4-5-7/h8H,4-7,9-10H2,1-3H3;4-7H2,1-3H3. The molecule has 25 heavy (non-hydrogen) atoms. The highest BCUT2D eigenvalue weighted by Crippen LogP contribution is 2.20. The zero-order chi connectivity index (χ0) is 19.8. The van der Waals surface area contributed by atoms with Gasteiger partial charge in [-0.2, -0.15) is 0 Å². The first kappa shape index (κ1) is 27.3. The molecule has 0 fully saturated rings. The maximum Gasteiger partial charge on any atom is 0.500 e. The Balaban J connectivity index is 0. The van der Waals surface area contributed by atoms with Gasteiger partial charge < -0.3 is 43.8 Å². The van der Waals surface area contributed by atoms with Gasteiger partial charge in [0.15, 0.2) is 0 Å². The Kier molecular flexibility index (Phi) is 17.8. The molecule has 0 heterocycles. The Bertz CT molecular complexity index is 281. The summed E-state index contributed by atoms with van der Waals surface area (Å²) in [5.41, 5.74) is 16.5. The number of hydrogen-bond acceptors (Lipinski definition) is 9. The van der Waals surface area contributed by atoms with E-state index in [0.717, 1.165) is 24.9 Å². The zero-order valence-corrected chi connectivity index (χ0v) is 18.7. The summed E-state index contributed by atoms with van der Waals surface area (Å²) < 4.78 is 31.5. The molecule has 0 aromatic heterocycles. The summed E-state index contributed by atoms with van der Waals surface area (Å²) in [5.74, 6) is 0.312. The van der Waals surface area contributed by atoms with Crippen LogP contribution in [-0.4, -0.2) is 79.9 Å². The van der Waals surface area contributed by atoms with Crippen molar-refractivity contribution in [3.63, 3.8) is 0 Å². The van der Waals surface area contributed by atoms with Crippen molar-refractivity contribution in [2.24, 2.45) is 23.1 Å². The third kappa shape index (κ3) is 10.7. The lowest BCUT2D eigenvalue weighted by Gasteiger charge is -2.27. The largest absolute Gasteiger partial charge is 0.500 e. The van der Waals surface area contributed by atoms with Gasteiger partial charge in [0.1, 0.15) is 0 Å². The summed E-state index contributed by atoms with van der Waals surface area (Å²) >= 11 is 0. The first-order valence-electron chi connectivity index (χ1n) is 8.33. The predicted octanol–water partition coefficient (Wildman–Crippen LogP) is 0.00150. The maximum absolute atomic E-state index is 5.63. The van der Waals surface area contributed by atoms with Gasteiger partial charge in [0.25, 0.3) is 0 Å². The molecule has 0 bridgehead atoms. The van der Waals surface area contributed by atoms with Crippen LogP contribution in [0, 0.1) is 5.92 Å². The molecule has 0 aliphatic heterocycles. The van der Waals surface area contributed by atoms with Crippen LogP contribution in [0.1, 0.15) is 12.8 Å². The third-order valence-electron chi connectivity index (χ3n) is 4.00. The Hall–Kier alpha value is 0.0738. The molecule has 154 valence electrons. The molecule has 0 aromatic carbocycles. The van der Waals surface area contributed by atoms with Crippen LogP contribution >= 0.6 is 0 Å². The average molecular weight is 402 g/mol. The Morgan fingerprint density at radius 2 is 1.12 bits per heavy atom. The van der Waals surface area contributed by atoms with E-state index in [1.54, 1.807) is 42.7 Å². The van der Waals surface area contributed by atoms with E-state index in [0.29, 0.717) is 25.6 Å². The van der Waals surface area contributed by atoms with E-state index in [1.165, 1.54) is 0 Å². The summed E-state index contributed by atoms with van der Waals surface area (Å²) in [6.07, 6.45) is 1.75. The van der Waals surface area contributed by atoms with Gasteiger partial charge in [-0.1, -0.05) is 0 Å². The molecule has 11 heteroatoms. The van der Waals surface area contributed by atoms with Crippen molar-refractivity contribution in [2.45, 2.75) is 24.9 Å². The van der Waals surface area contributed by atoms with E-state index in [4.69, 9.17) is 43.8 Å². The highest BCUT2D eigenvalue weighted by molar-refractivity contribution is 6.60. The molecule has 1 atom stereocenters. The zero-order valence-electron chi connectivity index (χ0n) is 16.7. The Morgan fingerprint density at radius 1 is 0.680 bits per heavy atom. The quantitative estimate of drug-likeness (QED) is 0.344. The molecule has 0 aliphatic rings. The molecule has 0 radical (unpaired) electrons. The molecule has 9 nitrogen and oxygen atoms in total. The SMILES string of the molecule is CO[Si](CC(CN)CCN)(OC)OC.CO[Si](CCCN)(OC)OC. The van der Waals surface area contributed by atoms with Gasteiger partial charge in [-0.25, -0.2) is 0 Å². The van der Waals surface area contributed by atoms with Gasteiger partial charge in [-0.3, -0.25) is 0 Å². The molecule has 0 saturated heterocycles. The van der Waals surface area contributed by atoms with Crippen LogP contribution in [0.5, 0.6) is 0 Å². The number of nitrogens with two attached hydrogens (primary N) is 3. The van der Waals surface area contributed by atoms with Crippen molar-refractivity contribution in [1.82, 2.24) is 0 Å². The van der Waals surface area contributed by atoms with E-state index >= 15 is 0 Å². The topological polar surface area (TPSA) is 133 Å². The van der Waals surface area contributed by atoms with Crippen LogP contribution in [0.15, 0.2) is 0 Å². The summed E-state index contributed by atoms with van der Waals surface area (Å²) in [4.78, 5) is 0. The van der Waals surface area contributed by atoms with Gasteiger partial charge in [0.05, 0.1) is 0 Å². The van der Waals surface area contributed by atoms with Crippen molar-refractivity contribution in [3.05, 3.63) is 0 Å². The van der Waals surface area contributed by atoms with E-state index in [9.17, 15) is 0 Å². The van der Waals surface area contributed by atoms with Crippen LogP contribution in [0.2, 0.25) is 12.1 Å². The fourth-order valence-corrected chi connectivity index (χ4v) is 6.09. The van der Waals surface area contributed by atoms with E-state index < -0.39 is 17.6 Å². The van der Waals surface area contributed by atoms with Crippen molar-refractivity contribution < 1.29 is 26.6 Å². The fraction of sp³-hybridized carbons (Fsp3) is 1.00. The predicted molar refractivity (Wildman–Crippen MR) is 103 cm³/mol. The van der Waals surface area contributed by atoms with Crippen molar-refractivity contribution >= 4 is 17.6 Å². The monoisotopic (exact) mass is 401 g/mol. The lowest BCUT2D eigenvalue weighted by Crippen LogP contribution is -2.45. The molecular weight excluding hydrogens is 362 g/mol. The first-order chi connectivity index (χ1) is 11.9. The minimum atomic E-state index is -2.47. The van der Waals surface area contributed by atoms with Gasteiger partial charge in [0, 0.05) is 54.7 Å². The van der Waals surface area contributed by atoms with Crippen LogP contribution in [0.25, 0.3) is 0 Å². The van der Waals surface area contributed by atoms with Crippen LogP contribution in [-0.2, 0) is 26.6 Å². The lowest BCUT2D eigenvalue weighted by atomic mass is 10.1. The average Bonchev–Trinajstić information content (AvgIpc) is 2.67. The second kappa shape index (κ2) is 16.3. The molecular formula is C14H39N3O6Si2. The van der Waals surface area contributed by atoms with Gasteiger partial charge in [-0.05, 0) is 38.4 Å². The summed E-state index contributed by atoms with van der Waals surface area (Å²) in [5, 5.41) is 0. The van der Waals surface area contributed by atoms with Gasteiger partial charge in [-0.15, -0.1) is 0 Å². The molecule has 6 N–H and O–H groups in total. The van der Waals surface area contributed by atoms with Crippen LogP contribution in [0.4, 0.5) is 0 Å².